The van der Waals surface area contributed by atoms with Crippen molar-refractivity contribution in [2.75, 3.05) is 13.7 Å². The number of nitrogens with one attached hydrogen (secondary N) is 3. The van der Waals surface area contributed by atoms with E-state index in [1.807, 2.05) is 24.4 Å². The van der Waals surface area contributed by atoms with Crippen LogP contribution in [0.2, 0.25) is 0 Å². The van der Waals surface area contributed by atoms with Crippen LogP contribution in [0.1, 0.15) is 11.3 Å². The lowest BCUT2D eigenvalue weighted by molar-refractivity contribution is 0.415. The first-order chi connectivity index (χ1) is 11.0. The molecule has 2 aromatic heterocycles. The second kappa shape index (κ2) is 6.05. The zero-order valence-electron chi connectivity index (χ0n) is 12.9. The summed E-state index contributed by atoms with van der Waals surface area (Å²) in [7, 11) is -1.98. The molecule has 2 heterocycles. The minimum atomic E-state index is -3.59. The topological polar surface area (TPSA) is 99.9 Å². The van der Waals surface area contributed by atoms with E-state index in [0.717, 1.165) is 22.2 Å². The Bertz CT molecular complexity index is 927. The molecule has 23 heavy (non-hydrogen) atoms. The van der Waals surface area contributed by atoms with Gasteiger partial charge in [-0.05, 0) is 37.1 Å². The van der Waals surface area contributed by atoms with Crippen molar-refractivity contribution >= 4 is 20.9 Å². The van der Waals surface area contributed by atoms with Crippen LogP contribution in [0, 0.1) is 6.92 Å². The molecule has 0 unspecified atom stereocenters. The normalized spacial score (nSPS) is 11.9. The Morgan fingerprint density at radius 2 is 2.13 bits per heavy atom. The molecule has 0 aliphatic heterocycles. The summed E-state index contributed by atoms with van der Waals surface area (Å²) in [6, 6.07) is 5.76. The molecule has 0 aliphatic rings. The number of hydrogen-bond acceptors (Lipinski definition) is 4. The standard InChI is InChI=1S/C15H18N4O3S/c1-10-15(18-9-17-10)23(20,21)19-6-5-11-8-16-14-4-3-12(22-2)7-13(11)14/h3-4,7-9,16,19H,5-6H2,1-2H3,(H,17,18). The summed E-state index contributed by atoms with van der Waals surface area (Å²) in [6.45, 7) is 1.96. The van der Waals surface area contributed by atoms with Crippen LogP contribution in [0.5, 0.6) is 5.75 Å². The fourth-order valence-electron chi connectivity index (χ4n) is 2.50. The average Bonchev–Trinajstić information content (AvgIpc) is 3.13. The molecule has 0 amide bonds. The van der Waals surface area contributed by atoms with Gasteiger partial charge in [-0.1, -0.05) is 0 Å². The SMILES string of the molecule is COc1ccc2[nH]cc(CCNS(=O)(=O)c3nc[nH]c3C)c2c1. The van der Waals surface area contributed by atoms with E-state index < -0.39 is 10.0 Å². The molecule has 122 valence electrons. The highest BCUT2D eigenvalue weighted by Gasteiger charge is 2.19. The molecule has 0 atom stereocenters. The highest BCUT2D eigenvalue weighted by atomic mass is 32.2. The maximum Gasteiger partial charge on any atom is 0.259 e. The summed E-state index contributed by atoms with van der Waals surface area (Å²) in [4.78, 5) is 9.79. The van der Waals surface area contributed by atoms with Gasteiger partial charge in [0.2, 0.25) is 0 Å². The van der Waals surface area contributed by atoms with Crippen molar-refractivity contribution in [1.29, 1.82) is 0 Å². The molecule has 0 fully saturated rings. The van der Waals surface area contributed by atoms with Gasteiger partial charge < -0.3 is 14.7 Å². The molecule has 1 aromatic carbocycles. The molecule has 7 nitrogen and oxygen atoms in total. The minimum Gasteiger partial charge on any atom is -0.497 e. The average molecular weight is 334 g/mol. The van der Waals surface area contributed by atoms with Crippen molar-refractivity contribution in [2.45, 2.75) is 18.4 Å². The van der Waals surface area contributed by atoms with Crippen molar-refractivity contribution in [3.8, 4) is 5.75 Å². The lowest BCUT2D eigenvalue weighted by Gasteiger charge is -2.05. The first-order valence-electron chi connectivity index (χ1n) is 7.15. The Kier molecular flexibility index (Phi) is 4.10. The van der Waals surface area contributed by atoms with E-state index in [9.17, 15) is 8.42 Å². The largest absolute Gasteiger partial charge is 0.497 e. The molecular formula is C15H18N4O3S. The number of aromatic amines is 2. The fraction of sp³-hybridized carbons (Fsp3) is 0.267. The highest BCUT2D eigenvalue weighted by molar-refractivity contribution is 7.89. The number of aryl methyl sites for hydroxylation is 1. The van der Waals surface area contributed by atoms with Gasteiger partial charge >= 0.3 is 0 Å². The summed E-state index contributed by atoms with van der Waals surface area (Å²) >= 11 is 0. The zero-order chi connectivity index (χ0) is 16.4. The van der Waals surface area contributed by atoms with E-state index in [-0.39, 0.29) is 5.03 Å². The molecular weight excluding hydrogens is 316 g/mol. The van der Waals surface area contributed by atoms with Crippen LogP contribution in [0.4, 0.5) is 0 Å². The summed E-state index contributed by atoms with van der Waals surface area (Å²) in [6.07, 6.45) is 3.82. The van der Waals surface area contributed by atoms with E-state index in [2.05, 4.69) is 19.7 Å². The van der Waals surface area contributed by atoms with Gasteiger partial charge in [-0.2, -0.15) is 0 Å². The van der Waals surface area contributed by atoms with E-state index in [1.165, 1.54) is 6.33 Å². The molecule has 0 saturated carbocycles. The van der Waals surface area contributed by atoms with E-state index in [1.54, 1.807) is 14.0 Å². The van der Waals surface area contributed by atoms with Gasteiger partial charge in [-0.3, -0.25) is 0 Å². The molecule has 0 saturated heterocycles. The third-order valence-corrected chi connectivity index (χ3v) is 5.20. The number of benzene rings is 1. The van der Waals surface area contributed by atoms with Crippen molar-refractivity contribution in [2.24, 2.45) is 0 Å². The van der Waals surface area contributed by atoms with Gasteiger partial charge in [-0.25, -0.2) is 18.1 Å². The lowest BCUT2D eigenvalue weighted by Crippen LogP contribution is -2.26. The van der Waals surface area contributed by atoms with Crippen molar-refractivity contribution < 1.29 is 13.2 Å². The molecule has 0 bridgehead atoms. The molecule has 8 heteroatoms. The monoisotopic (exact) mass is 334 g/mol. The maximum absolute atomic E-state index is 12.2. The lowest BCUT2D eigenvalue weighted by atomic mass is 10.1. The van der Waals surface area contributed by atoms with Gasteiger partial charge in [0, 0.05) is 23.6 Å². The number of fused-ring (bicyclic) bond motifs is 1. The summed E-state index contributed by atoms with van der Waals surface area (Å²) in [5.74, 6) is 0.770. The van der Waals surface area contributed by atoms with Crippen molar-refractivity contribution in [3.63, 3.8) is 0 Å². The number of aromatic nitrogens is 3. The fourth-order valence-corrected chi connectivity index (χ4v) is 3.66. The van der Waals surface area contributed by atoms with E-state index in [0.29, 0.717) is 18.7 Å². The van der Waals surface area contributed by atoms with Crippen LogP contribution < -0.4 is 9.46 Å². The summed E-state index contributed by atoms with van der Waals surface area (Å²) in [5, 5.41) is 1.07. The van der Waals surface area contributed by atoms with E-state index >= 15 is 0 Å². The number of nitrogens with zero attached hydrogens (tertiary/aromatic N) is 1. The summed E-state index contributed by atoms with van der Waals surface area (Å²) < 4.78 is 32.2. The number of ether oxygens (including phenoxy) is 1. The van der Waals surface area contributed by atoms with E-state index in [4.69, 9.17) is 4.74 Å². The first kappa shape index (κ1) is 15.6. The Labute approximate surface area is 134 Å². The number of H-pyrrole nitrogens is 2. The molecule has 3 aromatic rings. The quantitative estimate of drug-likeness (QED) is 0.639. The number of rotatable bonds is 6. The third kappa shape index (κ3) is 3.08. The Morgan fingerprint density at radius 3 is 2.83 bits per heavy atom. The van der Waals surface area contributed by atoms with Crippen LogP contribution in [0.3, 0.4) is 0 Å². The smallest absolute Gasteiger partial charge is 0.259 e. The van der Waals surface area contributed by atoms with Crippen LogP contribution in [0.15, 0.2) is 35.7 Å². The predicted octanol–water partition coefficient (Wildman–Crippen LogP) is 1.73. The Balaban J connectivity index is 1.73. The van der Waals surface area contributed by atoms with Crippen LogP contribution in [-0.4, -0.2) is 37.0 Å². The zero-order valence-corrected chi connectivity index (χ0v) is 13.7. The number of imidazole rings is 1. The maximum atomic E-state index is 12.2. The molecule has 0 aliphatic carbocycles. The molecule has 0 radical (unpaired) electrons. The van der Waals surface area contributed by atoms with Crippen LogP contribution >= 0.6 is 0 Å². The third-order valence-electron chi connectivity index (χ3n) is 3.70. The van der Waals surface area contributed by atoms with Crippen molar-refractivity contribution in [3.05, 3.63) is 42.0 Å². The van der Waals surface area contributed by atoms with Crippen LogP contribution in [-0.2, 0) is 16.4 Å². The van der Waals surface area contributed by atoms with Crippen molar-refractivity contribution in [1.82, 2.24) is 19.7 Å². The van der Waals surface area contributed by atoms with Gasteiger partial charge in [0.25, 0.3) is 10.0 Å². The minimum absolute atomic E-state index is 0.0399. The summed E-state index contributed by atoms with van der Waals surface area (Å²) in [5.41, 5.74) is 2.54. The Morgan fingerprint density at radius 1 is 1.30 bits per heavy atom. The van der Waals surface area contributed by atoms with Gasteiger partial charge in [0.15, 0.2) is 5.03 Å². The number of hydrogen-bond donors (Lipinski definition) is 3. The molecule has 3 N–H and O–H groups in total. The van der Waals surface area contributed by atoms with Gasteiger partial charge in [-0.15, -0.1) is 0 Å². The molecule has 3 rings (SSSR count). The second-order valence-corrected chi connectivity index (χ2v) is 6.89. The predicted molar refractivity (Wildman–Crippen MR) is 87.1 cm³/mol. The first-order valence-corrected chi connectivity index (χ1v) is 8.63. The van der Waals surface area contributed by atoms with Crippen LogP contribution in [0.25, 0.3) is 10.9 Å². The number of methoxy groups -OCH3 is 1. The highest BCUT2D eigenvalue weighted by Crippen LogP contribution is 2.23. The number of sulfonamides is 1. The Hall–Kier alpha value is -2.32. The molecule has 0 spiro atoms. The van der Waals surface area contributed by atoms with Gasteiger partial charge in [0.05, 0.1) is 19.1 Å². The second-order valence-electron chi connectivity index (χ2n) is 5.21. The van der Waals surface area contributed by atoms with Gasteiger partial charge in [0.1, 0.15) is 5.75 Å².